The number of rotatable bonds is 5. The Kier molecular flexibility index (Phi) is 5.07. The van der Waals surface area contributed by atoms with Gasteiger partial charge in [0.1, 0.15) is 9.88 Å². The number of nitrogens with zero attached hydrogens (tertiary/aromatic N) is 2. The van der Waals surface area contributed by atoms with Gasteiger partial charge in [0.2, 0.25) is 0 Å². The van der Waals surface area contributed by atoms with Crippen molar-refractivity contribution in [3.8, 4) is 6.07 Å². The number of thiazole rings is 1. The van der Waals surface area contributed by atoms with Gasteiger partial charge in [-0.1, -0.05) is 11.6 Å². The molecule has 108 valence electrons. The van der Waals surface area contributed by atoms with Crippen LogP contribution in [0.25, 0.3) is 0 Å². The van der Waals surface area contributed by atoms with Crippen LogP contribution in [0.2, 0.25) is 4.34 Å². The smallest absolute Gasteiger partial charge is 0.348 e. The maximum absolute atomic E-state index is 12.0. The zero-order chi connectivity index (χ0) is 15.4. The molecule has 0 N–H and O–H groups in total. The number of esters is 1. The van der Waals surface area contributed by atoms with Crippen LogP contribution in [0.5, 0.6) is 0 Å². The molecule has 2 rings (SSSR count). The number of hydrogen-bond donors (Lipinski definition) is 0. The first-order chi connectivity index (χ1) is 10.0. The van der Waals surface area contributed by atoms with Crippen molar-refractivity contribution in [1.29, 1.82) is 5.26 Å². The predicted molar refractivity (Wildman–Crippen MR) is 79.8 cm³/mol. The average Bonchev–Trinajstić information content (AvgIpc) is 3.06. The van der Waals surface area contributed by atoms with Crippen LogP contribution in [0.4, 0.5) is 0 Å². The third-order valence-corrected chi connectivity index (χ3v) is 4.69. The Morgan fingerprint density at radius 2 is 2.29 bits per heavy atom. The Labute approximate surface area is 133 Å². The third kappa shape index (κ3) is 3.88. The first kappa shape index (κ1) is 15.6. The highest BCUT2D eigenvalue weighted by Gasteiger charge is 2.24. The molecule has 21 heavy (non-hydrogen) atoms. The molecule has 0 aliphatic rings. The molecule has 0 aromatic carbocycles. The van der Waals surface area contributed by atoms with E-state index in [1.54, 1.807) is 18.4 Å². The predicted octanol–water partition coefficient (Wildman–Crippen LogP) is 3.20. The number of thiophene rings is 1. The minimum atomic E-state index is -1.01. The van der Waals surface area contributed by atoms with Crippen molar-refractivity contribution in [2.45, 2.75) is 12.8 Å². The molecule has 5 nitrogen and oxygen atoms in total. The maximum atomic E-state index is 12.0. The van der Waals surface area contributed by atoms with Crippen LogP contribution in [0.3, 0.4) is 0 Å². The van der Waals surface area contributed by atoms with Gasteiger partial charge in [-0.25, -0.2) is 9.78 Å². The Hall–Kier alpha value is -1.75. The van der Waals surface area contributed by atoms with Gasteiger partial charge < -0.3 is 4.74 Å². The van der Waals surface area contributed by atoms with E-state index in [-0.39, 0.29) is 0 Å². The number of aryl methyl sites for hydroxylation is 1. The van der Waals surface area contributed by atoms with Gasteiger partial charge in [-0.15, -0.1) is 22.7 Å². The molecule has 0 spiro atoms. The molecular formula is C13H9ClN2O3S2. The van der Waals surface area contributed by atoms with Crippen LogP contribution in [0, 0.1) is 18.3 Å². The molecule has 0 aliphatic heterocycles. The van der Waals surface area contributed by atoms with E-state index in [2.05, 4.69) is 4.98 Å². The first-order valence-electron chi connectivity index (χ1n) is 5.78. The molecule has 0 radical (unpaired) electrons. The quantitative estimate of drug-likeness (QED) is 0.781. The van der Waals surface area contributed by atoms with Gasteiger partial charge in [0.25, 0.3) is 0 Å². The van der Waals surface area contributed by atoms with Crippen molar-refractivity contribution in [3.05, 3.63) is 37.4 Å². The SMILES string of the molecule is Cc1csc([C@H](C#N)C(=O)COC(=O)c2ccc(Cl)s2)n1. The number of halogens is 1. The highest BCUT2D eigenvalue weighted by Crippen LogP contribution is 2.23. The number of carbonyl (C=O) groups is 2. The minimum absolute atomic E-state index is 0.311. The molecule has 8 heteroatoms. The topological polar surface area (TPSA) is 80.0 Å². The Morgan fingerprint density at radius 1 is 1.52 bits per heavy atom. The standard InChI is InChI=1S/C13H9ClN2O3S2/c1-7-6-20-12(16-7)8(4-15)9(17)5-19-13(18)10-2-3-11(14)21-10/h2-3,6,8H,5H2,1H3/t8-/m1/s1. The summed E-state index contributed by atoms with van der Waals surface area (Å²) in [5, 5.41) is 11.3. The second-order valence-corrected chi connectivity index (χ2v) is 6.64. The lowest BCUT2D eigenvalue weighted by Crippen LogP contribution is -2.19. The van der Waals surface area contributed by atoms with E-state index in [9.17, 15) is 9.59 Å². The third-order valence-electron chi connectivity index (χ3n) is 2.45. The normalized spacial score (nSPS) is 11.7. The lowest BCUT2D eigenvalue weighted by atomic mass is 10.1. The van der Waals surface area contributed by atoms with E-state index in [0.717, 1.165) is 17.0 Å². The summed E-state index contributed by atoms with van der Waals surface area (Å²) in [5.74, 6) is -2.14. The molecule has 0 fully saturated rings. The molecule has 1 atom stereocenters. The van der Waals surface area contributed by atoms with Gasteiger partial charge in [0.05, 0.1) is 10.4 Å². The van der Waals surface area contributed by atoms with Crippen LogP contribution in [-0.4, -0.2) is 23.3 Å². The van der Waals surface area contributed by atoms with Crippen LogP contribution >= 0.6 is 34.3 Å². The minimum Gasteiger partial charge on any atom is -0.453 e. The van der Waals surface area contributed by atoms with E-state index < -0.39 is 24.3 Å². The van der Waals surface area contributed by atoms with Crippen molar-refractivity contribution in [2.24, 2.45) is 0 Å². The Bertz CT molecular complexity index is 717. The Morgan fingerprint density at radius 3 is 2.81 bits per heavy atom. The number of Topliss-reactive ketones (excluding diaryl/α,β-unsaturated/α-hetero) is 1. The summed E-state index contributed by atoms with van der Waals surface area (Å²) in [4.78, 5) is 28.1. The van der Waals surface area contributed by atoms with Crippen LogP contribution in [0.1, 0.15) is 26.3 Å². The molecule has 0 saturated heterocycles. The summed E-state index contributed by atoms with van der Waals surface area (Å²) < 4.78 is 5.36. The second-order valence-electron chi connectivity index (χ2n) is 4.04. The van der Waals surface area contributed by atoms with Crippen molar-refractivity contribution in [1.82, 2.24) is 4.98 Å². The highest BCUT2D eigenvalue weighted by molar-refractivity contribution is 7.17. The fourth-order valence-electron chi connectivity index (χ4n) is 1.48. The molecule has 2 aromatic heterocycles. The summed E-state index contributed by atoms with van der Waals surface area (Å²) in [7, 11) is 0. The fourth-order valence-corrected chi connectivity index (χ4v) is 3.28. The van der Waals surface area contributed by atoms with E-state index in [1.165, 1.54) is 17.4 Å². The fraction of sp³-hybridized carbons (Fsp3) is 0.231. The molecule has 2 heterocycles. The van der Waals surface area contributed by atoms with Crippen LogP contribution in [-0.2, 0) is 9.53 Å². The highest BCUT2D eigenvalue weighted by atomic mass is 35.5. The van der Waals surface area contributed by atoms with Gasteiger partial charge in [0.15, 0.2) is 18.3 Å². The zero-order valence-corrected chi connectivity index (χ0v) is 13.2. The molecular weight excluding hydrogens is 332 g/mol. The van der Waals surface area contributed by atoms with E-state index in [1.807, 2.05) is 6.07 Å². The van der Waals surface area contributed by atoms with E-state index in [4.69, 9.17) is 21.6 Å². The molecule has 0 amide bonds. The monoisotopic (exact) mass is 340 g/mol. The van der Waals surface area contributed by atoms with Gasteiger partial charge >= 0.3 is 5.97 Å². The van der Waals surface area contributed by atoms with Gasteiger partial charge in [0, 0.05) is 11.1 Å². The molecule has 0 unspecified atom stereocenters. The summed E-state index contributed by atoms with van der Waals surface area (Å²) in [6.07, 6.45) is 0. The lowest BCUT2D eigenvalue weighted by Gasteiger charge is -2.05. The van der Waals surface area contributed by atoms with Crippen molar-refractivity contribution in [2.75, 3.05) is 6.61 Å². The second kappa shape index (κ2) is 6.80. The summed E-state index contributed by atoms with van der Waals surface area (Å²) in [6.45, 7) is 1.31. The van der Waals surface area contributed by atoms with Crippen molar-refractivity contribution < 1.29 is 14.3 Å². The van der Waals surface area contributed by atoms with E-state index in [0.29, 0.717) is 14.2 Å². The molecule has 2 aromatic rings. The molecule has 0 saturated carbocycles. The van der Waals surface area contributed by atoms with Crippen molar-refractivity contribution >= 4 is 46.0 Å². The summed E-state index contributed by atoms with van der Waals surface area (Å²) in [6, 6.07) is 4.98. The summed E-state index contributed by atoms with van der Waals surface area (Å²) in [5.41, 5.74) is 0.744. The zero-order valence-electron chi connectivity index (χ0n) is 10.8. The van der Waals surface area contributed by atoms with E-state index >= 15 is 0 Å². The number of carbonyl (C=O) groups excluding carboxylic acids is 2. The molecule has 0 bridgehead atoms. The van der Waals surface area contributed by atoms with Gasteiger partial charge in [-0.05, 0) is 19.1 Å². The molecule has 0 aliphatic carbocycles. The number of nitriles is 1. The average molecular weight is 341 g/mol. The van der Waals surface area contributed by atoms with Crippen LogP contribution < -0.4 is 0 Å². The van der Waals surface area contributed by atoms with Crippen molar-refractivity contribution in [3.63, 3.8) is 0 Å². The Balaban J connectivity index is 1.97. The number of hydrogen-bond acceptors (Lipinski definition) is 7. The lowest BCUT2D eigenvalue weighted by molar-refractivity contribution is -0.122. The maximum Gasteiger partial charge on any atom is 0.348 e. The number of ether oxygens (including phenoxy) is 1. The van der Waals surface area contributed by atoms with Gasteiger partial charge in [-0.2, -0.15) is 5.26 Å². The largest absolute Gasteiger partial charge is 0.453 e. The van der Waals surface area contributed by atoms with Gasteiger partial charge in [-0.3, -0.25) is 4.79 Å². The summed E-state index contributed by atoms with van der Waals surface area (Å²) >= 11 is 8.02. The number of ketones is 1. The number of aromatic nitrogens is 1. The first-order valence-corrected chi connectivity index (χ1v) is 7.85. The van der Waals surface area contributed by atoms with Crippen LogP contribution in [0.15, 0.2) is 17.5 Å².